The maximum Gasteiger partial charge on any atom is 0.220 e. The summed E-state index contributed by atoms with van der Waals surface area (Å²) in [5, 5.41) is 7.04. The molecule has 0 aliphatic rings. The summed E-state index contributed by atoms with van der Waals surface area (Å²) in [7, 11) is 0. The van der Waals surface area contributed by atoms with Gasteiger partial charge in [0, 0.05) is 31.9 Å². The van der Waals surface area contributed by atoms with Gasteiger partial charge in [-0.1, -0.05) is 6.92 Å². The monoisotopic (exact) mass is 252 g/mol. The minimum Gasteiger partial charge on any atom is -0.356 e. The summed E-state index contributed by atoms with van der Waals surface area (Å²) in [6.45, 7) is 4.39. The van der Waals surface area contributed by atoms with E-state index in [2.05, 4.69) is 17.3 Å². The van der Waals surface area contributed by atoms with E-state index in [0.29, 0.717) is 25.4 Å². The number of nitrogens with one attached hydrogen (secondary N) is 1. The fourth-order valence-corrected chi connectivity index (χ4v) is 1.80. The quantitative estimate of drug-likeness (QED) is 0.648. The van der Waals surface area contributed by atoms with Crippen LogP contribution in [-0.4, -0.2) is 28.8 Å². The highest BCUT2D eigenvalue weighted by Gasteiger charge is 2.05. The van der Waals surface area contributed by atoms with Crippen LogP contribution in [0, 0.1) is 5.92 Å². The molecule has 0 fully saturated rings. The number of aryl methyl sites for hydroxylation is 1. The van der Waals surface area contributed by atoms with Crippen molar-refractivity contribution in [2.45, 2.75) is 39.2 Å². The topological polar surface area (TPSA) is 72.9 Å². The maximum absolute atomic E-state index is 11.5. The smallest absolute Gasteiger partial charge is 0.220 e. The first kappa shape index (κ1) is 14.7. The van der Waals surface area contributed by atoms with Crippen molar-refractivity contribution >= 4 is 5.91 Å². The molecule has 0 spiro atoms. The third kappa shape index (κ3) is 6.39. The average molecular weight is 252 g/mol. The Hall–Kier alpha value is -1.36. The predicted octanol–water partition coefficient (Wildman–Crippen LogP) is 1.15. The largest absolute Gasteiger partial charge is 0.356 e. The van der Waals surface area contributed by atoms with Crippen molar-refractivity contribution in [1.82, 2.24) is 15.1 Å². The molecule has 1 aromatic heterocycles. The summed E-state index contributed by atoms with van der Waals surface area (Å²) in [6.07, 6.45) is 7.11. The Bertz CT molecular complexity index is 324. The van der Waals surface area contributed by atoms with Crippen LogP contribution in [0.4, 0.5) is 0 Å². The van der Waals surface area contributed by atoms with Crippen molar-refractivity contribution in [1.29, 1.82) is 0 Å². The predicted molar refractivity (Wildman–Crippen MR) is 71.9 cm³/mol. The second kappa shape index (κ2) is 8.69. The number of carbonyl (C=O) groups excluding carboxylic acids is 1. The molecule has 0 aliphatic heterocycles. The van der Waals surface area contributed by atoms with E-state index in [4.69, 9.17) is 5.73 Å². The maximum atomic E-state index is 11.5. The van der Waals surface area contributed by atoms with Gasteiger partial charge in [-0.2, -0.15) is 5.10 Å². The Kier molecular flexibility index (Phi) is 7.10. The van der Waals surface area contributed by atoms with E-state index in [1.807, 2.05) is 16.9 Å². The molecular formula is C13H24N4O. The molecular weight excluding hydrogens is 228 g/mol. The van der Waals surface area contributed by atoms with Gasteiger partial charge >= 0.3 is 0 Å². The molecule has 5 heteroatoms. The first-order valence-corrected chi connectivity index (χ1v) is 6.66. The zero-order valence-electron chi connectivity index (χ0n) is 11.1. The number of nitrogens with zero attached hydrogens (tertiary/aromatic N) is 2. The lowest BCUT2D eigenvalue weighted by molar-refractivity contribution is -0.121. The summed E-state index contributed by atoms with van der Waals surface area (Å²) in [5.74, 6) is 0.671. The second-order valence-corrected chi connectivity index (χ2v) is 4.69. The Labute approximate surface area is 109 Å². The highest BCUT2D eigenvalue weighted by atomic mass is 16.1. The van der Waals surface area contributed by atoms with Crippen LogP contribution >= 0.6 is 0 Å². The van der Waals surface area contributed by atoms with Crippen LogP contribution in [0.25, 0.3) is 0 Å². The molecule has 18 heavy (non-hydrogen) atoms. The van der Waals surface area contributed by atoms with Crippen molar-refractivity contribution in [2.24, 2.45) is 11.7 Å². The Morgan fingerprint density at radius 2 is 2.33 bits per heavy atom. The van der Waals surface area contributed by atoms with E-state index in [0.717, 1.165) is 25.8 Å². The molecule has 102 valence electrons. The molecule has 0 radical (unpaired) electrons. The van der Waals surface area contributed by atoms with Gasteiger partial charge in [0.2, 0.25) is 5.91 Å². The molecule has 3 N–H and O–H groups in total. The number of amides is 1. The van der Waals surface area contributed by atoms with Gasteiger partial charge in [-0.3, -0.25) is 9.48 Å². The summed E-state index contributed by atoms with van der Waals surface area (Å²) in [5.41, 5.74) is 5.47. The summed E-state index contributed by atoms with van der Waals surface area (Å²) in [6, 6.07) is 1.90. The van der Waals surface area contributed by atoms with Crippen LogP contribution in [0.15, 0.2) is 18.5 Å². The highest BCUT2D eigenvalue weighted by Crippen LogP contribution is 2.08. The fraction of sp³-hybridized carbons (Fsp3) is 0.692. The fourth-order valence-electron chi connectivity index (χ4n) is 1.80. The molecule has 5 nitrogen and oxygen atoms in total. The molecule has 0 saturated heterocycles. The molecule has 0 aromatic carbocycles. The number of hydrogen-bond acceptors (Lipinski definition) is 3. The molecule has 1 atom stereocenters. The molecule has 1 heterocycles. The SMILES string of the molecule is CC(CCN)CCC(=O)NCCCn1cccn1. The van der Waals surface area contributed by atoms with Gasteiger partial charge in [0.1, 0.15) is 0 Å². The zero-order chi connectivity index (χ0) is 13.2. The van der Waals surface area contributed by atoms with Gasteiger partial charge in [0.15, 0.2) is 0 Å². The van der Waals surface area contributed by atoms with Gasteiger partial charge in [-0.25, -0.2) is 0 Å². The summed E-state index contributed by atoms with van der Waals surface area (Å²) >= 11 is 0. The lowest BCUT2D eigenvalue weighted by Gasteiger charge is -2.09. The number of carbonyl (C=O) groups is 1. The third-order valence-electron chi connectivity index (χ3n) is 2.97. The van der Waals surface area contributed by atoms with Gasteiger partial charge in [0.05, 0.1) is 0 Å². The van der Waals surface area contributed by atoms with Crippen LogP contribution in [0.3, 0.4) is 0 Å². The van der Waals surface area contributed by atoms with Crippen molar-refractivity contribution in [3.8, 4) is 0 Å². The van der Waals surface area contributed by atoms with E-state index in [1.165, 1.54) is 0 Å². The Morgan fingerprint density at radius 1 is 1.50 bits per heavy atom. The minimum absolute atomic E-state index is 0.138. The first-order valence-electron chi connectivity index (χ1n) is 6.66. The van der Waals surface area contributed by atoms with Gasteiger partial charge in [-0.05, 0) is 37.8 Å². The number of hydrogen-bond donors (Lipinski definition) is 2. The summed E-state index contributed by atoms with van der Waals surface area (Å²) < 4.78 is 1.87. The van der Waals surface area contributed by atoms with Crippen LogP contribution in [0.2, 0.25) is 0 Å². The molecule has 1 rings (SSSR count). The zero-order valence-corrected chi connectivity index (χ0v) is 11.1. The van der Waals surface area contributed by atoms with Crippen LogP contribution in [0.5, 0.6) is 0 Å². The molecule has 1 amide bonds. The number of nitrogens with two attached hydrogens (primary N) is 1. The van der Waals surface area contributed by atoms with Gasteiger partial charge in [0.25, 0.3) is 0 Å². The van der Waals surface area contributed by atoms with Crippen LogP contribution < -0.4 is 11.1 Å². The van der Waals surface area contributed by atoms with Crippen LogP contribution in [-0.2, 0) is 11.3 Å². The number of rotatable bonds is 9. The molecule has 0 aliphatic carbocycles. The van der Waals surface area contributed by atoms with Crippen molar-refractivity contribution in [3.63, 3.8) is 0 Å². The van der Waals surface area contributed by atoms with E-state index < -0.39 is 0 Å². The highest BCUT2D eigenvalue weighted by molar-refractivity contribution is 5.75. The van der Waals surface area contributed by atoms with Crippen LogP contribution in [0.1, 0.15) is 32.6 Å². The minimum atomic E-state index is 0.138. The Morgan fingerprint density at radius 3 is 3.00 bits per heavy atom. The Balaban J connectivity index is 1.99. The van der Waals surface area contributed by atoms with Crippen molar-refractivity contribution in [2.75, 3.05) is 13.1 Å². The lowest BCUT2D eigenvalue weighted by atomic mass is 10.0. The second-order valence-electron chi connectivity index (χ2n) is 4.69. The average Bonchev–Trinajstić information content (AvgIpc) is 2.85. The van der Waals surface area contributed by atoms with E-state index in [1.54, 1.807) is 6.20 Å². The van der Waals surface area contributed by atoms with Crippen molar-refractivity contribution < 1.29 is 4.79 Å². The molecule has 0 saturated carbocycles. The summed E-state index contributed by atoms with van der Waals surface area (Å²) in [4.78, 5) is 11.5. The van der Waals surface area contributed by atoms with E-state index >= 15 is 0 Å². The third-order valence-corrected chi connectivity index (χ3v) is 2.97. The lowest BCUT2D eigenvalue weighted by Crippen LogP contribution is -2.25. The van der Waals surface area contributed by atoms with Crippen molar-refractivity contribution in [3.05, 3.63) is 18.5 Å². The standard InChI is InChI=1S/C13H24N4O/c1-12(6-7-14)4-5-13(18)15-8-2-10-17-11-3-9-16-17/h3,9,11-12H,2,4-8,10,14H2,1H3,(H,15,18). The molecule has 0 bridgehead atoms. The number of aromatic nitrogens is 2. The van der Waals surface area contributed by atoms with Gasteiger partial charge < -0.3 is 11.1 Å². The van der Waals surface area contributed by atoms with E-state index in [-0.39, 0.29) is 5.91 Å². The molecule has 1 aromatic rings. The van der Waals surface area contributed by atoms with Gasteiger partial charge in [-0.15, -0.1) is 0 Å². The first-order chi connectivity index (χ1) is 8.72. The molecule has 1 unspecified atom stereocenters. The normalized spacial score (nSPS) is 12.3. The van der Waals surface area contributed by atoms with E-state index in [9.17, 15) is 4.79 Å².